The number of hydrogen-bond acceptors (Lipinski definition) is 6. The monoisotopic (exact) mass is 429 g/mol. The van der Waals surface area contributed by atoms with E-state index in [1.165, 1.54) is 0 Å². The lowest BCUT2D eigenvalue weighted by Crippen LogP contribution is -2.22. The highest BCUT2D eigenvalue weighted by molar-refractivity contribution is 9.10. The van der Waals surface area contributed by atoms with Crippen LogP contribution in [0.25, 0.3) is 5.57 Å². The van der Waals surface area contributed by atoms with Crippen LogP contribution < -0.4 is 15.9 Å². The number of phenols is 1. The molecule has 0 radical (unpaired) electrons. The minimum absolute atomic E-state index is 0.0701. The number of nitrogens with zero attached hydrogens (tertiary/aromatic N) is 2. The van der Waals surface area contributed by atoms with Crippen LogP contribution in [0.5, 0.6) is 11.6 Å². The van der Waals surface area contributed by atoms with Crippen molar-refractivity contribution in [1.82, 2.24) is 4.98 Å². The summed E-state index contributed by atoms with van der Waals surface area (Å²) in [4.78, 5) is 20.8. The van der Waals surface area contributed by atoms with Gasteiger partial charge in [0.05, 0.1) is 16.6 Å². The smallest absolute Gasteiger partial charge is 0.279 e. The van der Waals surface area contributed by atoms with Crippen LogP contribution >= 0.6 is 27.3 Å². The summed E-state index contributed by atoms with van der Waals surface area (Å²) < 4.78 is 0.811. The largest absolute Gasteiger partial charge is 0.506 e. The first-order valence-electron chi connectivity index (χ1n) is 7.62. The molecule has 0 saturated heterocycles. The van der Waals surface area contributed by atoms with E-state index in [9.17, 15) is 15.0 Å². The molecule has 2 aromatic carbocycles. The molecule has 0 atom stereocenters. The Kier molecular flexibility index (Phi) is 4.01. The molecule has 0 aliphatic carbocycles. The van der Waals surface area contributed by atoms with Crippen LogP contribution in [0.3, 0.4) is 0 Å². The van der Waals surface area contributed by atoms with E-state index in [1.807, 2.05) is 6.92 Å². The third-order valence-corrected chi connectivity index (χ3v) is 5.36. The lowest BCUT2D eigenvalue weighted by molar-refractivity contribution is -0.112. The first-order valence-corrected chi connectivity index (χ1v) is 9.23. The Bertz CT molecular complexity index is 1190. The number of aromatic nitrogens is 1. The Labute approximate surface area is 160 Å². The second kappa shape index (κ2) is 6.22. The average Bonchev–Trinajstić information content (AvgIpc) is 3.09. The van der Waals surface area contributed by atoms with Gasteiger partial charge in [-0.15, -0.1) is 0 Å². The summed E-state index contributed by atoms with van der Waals surface area (Å²) >= 11 is 4.51. The topological polar surface area (TPSA) is 94.8 Å². The molecule has 1 aliphatic rings. The SMILES string of the molecule is Cc1ccc(O)c(Nc2nc(O)c(C3=c4cc(Br)ccc4=NC3=O)s2)c1. The number of anilines is 2. The molecular weight excluding hydrogens is 418 g/mol. The van der Waals surface area contributed by atoms with Gasteiger partial charge in [0, 0.05) is 9.69 Å². The summed E-state index contributed by atoms with van der Waals surface area (Å²) in [6, 6.07) is 10.5. The van der Waals surface area contributed by atoms with Gasteiger partial charge in [-0.3, -0.25) is 4.79 Å². The quantitative estimate of drug-likeness (QED) is 0.556. The van der Waals surface area contributed by atoms with Crippen LogP contribution in [0.15, 0.2) is 45.9 Å². The third-order valence-electron chi connectivity index (χ3n) is 3.89. The molecule has 8 heteroatoms. The van der Waals surface area contributed by atoms with Crippen molar-refractivity contribution in [2.75, 3.05) is 5.32 Å². The number of aryl methyl sites for hydroxylation is 1. The van der Waals surface area contributed by atoms with Gasteiger partial charge in [-0.05, 0) is 42.8 Å². The molecule has 4 rings (SSSR count). The molecule has 3 N–H and O–H groups in total. The number of carbonyl (C=O) groups excluding carboxylic acids is 1. The number of amides is 1. The summed E-state index contributed by atoms with van der Waals surface area (Å²) in [5.74, 6) is -0.598. The summed E-state index contributed by atoms with van der Waals surface area (Å²) in [7, 11) is 0. The fourth-order valence-corrected chi connectivity index (χ4v) is 3.98. The van der Waals surface area contributed by atoms with Crippen LogP contribution in [-0.4, -0.2) is 21.1 Å². The van der Waals surface area contributed by atoms with E-state index in [1.54, 1.807) is 36.4 Å². The Morgan fingerprint density at radius 2 is 1.96 bits per heavy atom. The molecular formula is C18H12BrN3O3S. The predicted octanol–water partition coefficient (Wildman–Crippen LogP) is 2.73. The van der Waals surface area contributed by atoms with Crippen molar-refractivity contribution in [1.29, 1.82) is 0 Å². The van der Waals surface area contributed by atoms with Gasteiger partial charge in [0.15, 0.2) is 5.13 Å². The van der Waals surface area contributed by atoms with E-state index in [0.29, 0.717) is 31.8 Å². The second-order valence-electron chi connectivity index (χ2n) is 5.77. The first-order chi connectivity index (χ1) is 12.4. The highest BCUT2D eigenvalue weighted by Crippen LogP contribution is 2.37. The number of hydrogen-bond donors (Lipinski definition) is 3. The average molecular weight is 430 g/mol. The van der Waals surface area contributed by atoms with E-state index in [-0.39, 0.29) is 11.6 Å². The summed E-state index contributed by atoms with van der Waals surface area (Å²) in [5.41, 5.74) is 1.75. The van der Waals surface area contributed by atoms with E-state index < -0.39 is 5.91 Å². The Hall–Kier alpha value is -2.71. The number of rotatable bonds is 3. The highest BCUT2D eigenvalue weighted by atomic mass is 79.9. The van der Waals surface area contributed by atoms with Crippen molar-refractivity contribution >= 4 is 49.6 Å². The maximum Gasteiger partial charge on any atom is 0.279 e. The third kappa shape index (κ3) is 2.87. The van der Waals surface area contributed by atoms with Gasteiger partial charge in [0.25, 0.3) is 5.91 Å². The maximum absolute atomic E-state index is 12.3. The number of phenolic OH excluding ortho intramolecular Hbond substituents is 1. The van der Waals surface area contributed by atoms with Crippen LogP contribution in [0.1, 0.15) is 10.4 Å². The molecule has 130 valence electrons. The lowest BCUT2D eigenvalue weighted by Gasteiger charge is -2.05. The lowest BCUT2D eigenvalue weighted by atomic mass is 10.1. The van der Waals surface area contributed by atoms with Gasteiger partial charge in [-0.2, -0.15) is 4.98 Å². The summed E-state index contributed by atoms with van der Waals surface area (Å²) in [6.45, 7) is 1.90. The Morgan fingerprint density at radius 1 is 1.15 bits per heavy atom. The number of benzene rings is 2. The van der Waals surface area contributed by atoms with E-state index >= 15 is 0 Å². The zero-order valence-corrected chi connectivity index (χ0v) is 15.8. The van der Waals surface area contributed by atoms with Gasteiger partial charge in [0.1, 0.15) is 10.6 Å². The summed E-state index contributed by atoms with van der Waals surface area (Å²) in [5, 5.41) is 24.8. The van der Waals surface area contributed by atoms with E-state index in [0.717, 1.165) is 21.4 Å². The molecule has 3 aromatic rings. The van der Waals surface area contributed by atoms with Crippen molar-refractivity contribution in [2.45, 2.75) is 6.92 Å². The molecule has 0 unspecified atom stereocenters. The fourth-order valence-electron chi connectivity index (χ4n) is 2.70. The molecule has 26 heavy (non-hydrogen) atoms. The number of carbonyl (C=O) groups is 1. The summed E-state index contributed by atoms with van der Waals surface area (Å²) in [6.07, 6.45) is 0. The number of fused-ring (bicyclic) bond motifs is 1. The predicted molar refractivity (Wildman–Crippen MR) is 102 cm³/mol. The van der Waals surface area contributed by atoms with Crippen LogP contribution in [0.2, 0.25) is 0 Å². The first kappa shape index (κ1) is 16.7. The molecule has 0 bridgehead atoms. The van der Waals surface area contributed by atoms with Crippen molar-refractivity contribution in [3.05, 3.63) is 61.9 Å². The molecule has 2 heterocycles. The number of nitrogens with one attached hydrogen (secondary N) is 1. The van der Waals surface area contributed by atoms with Gasteiger partial charge < -0.3 is 15.5 Å². The molecule has 1 aliphatic heterocycles. The number of halogens is 1. The Balaban J connectivity index is 1.81. The van der Waals surface area contributed by atoms with Crippen LogP contribution in [0.4, 0.5) is 10.8 Å². The fraction of sp³-hybridized carbons (Fsp3) is 0.0556. The van der Waals surface area contributed by atoms with Crippen molar-refractivity contribution in [3.63, 3.8) is 0 Å². The molecule has 1 amide bonds. The molecule has 0 saturated carbocycles. The van der Waals surface area contributed by atoms with Gasteiger partial charge in [-0.25, -0.2) is 4.99 Å². The van der Waals surface area contributed by atoms with Crippen LogP contribution in [0, 0.1) is 6.92 Å². The van der Waals surface area contributed by atoms with Crippen molar-refractivity contribution < 1.29 is 15.0 Å². The van der Waals surface area contributed by atoms with E-state index in [4.69, 9.17) is 0 Å². The minimum atomic E-state index is -0.415. The number of aromatic hydroxyl groups is 2. The molecule has 0 spiro atoms. The second-order valence-corrected chi connectivity index (χ2v) is 7.69. The standard InChI is InChI=1S/C18H12BrN3O3S/c1-8-2-5-13(23)12(6-8)21-18-22-17(25)15(26-18)14-10-7-9(19)3-4-11(10)20-16(14)24/h2-7,23,25H,1H3,(H,21,22). The maximum atomic E-state index is 12.3. The Morgan fingerprint density at radius 3 is 2.77 bits per heavy atom. The van der Waals surface area contributed by atoms with E-state index in [2.05, 4.69) is 31.2 Å². The normalized spacial score (nSPS) is 12.8. The molecule has 1 aromatic heterocycles. The van der Waals surface area contributed by atoms with Gasteiger partial charge in [0.2, 0.25) is 5.88 Å². The minimum Gasteiger partial charge on any atom is -0.506 e. The van der Waals surface area contributed by atoms with Crippen LogP contribution in [-0.2, 0) is 4.79 Å². The highest BCUT2D eigenvalue weighted by Gasteiger charge is 2.25. The number of thiazole rings is 1. The zero-order valence-electron chi connectivity index (χ0n) is 13.4. The molecule has 0 fully saturated rings. The zero-order chi connectivity index (χ0) is 18.4. The van der Waals surface area contributed by atoms with Gasteiger partial charge >= 0.3 is 0 Å². The van der Waals surface area contributed by atoms with Crippen molar-refractivity contribution in [2.24, 2.45) is 4.99 Å². The van der Waals surface area contributed by atoms with Gasteiger partial charge in [-0.1, -0.05) is 33.3 Å². The van der Waals surface area contributed by atoms with Crippen molar-refractivity contribution in [3.8, 4) is 11.6 Å². The molecule has 6 nitrogen and oxygen atoms in total.